The molecule has 2 aliphatic rings. The van der Waals surface area contributed by atoms with Gasteiger partial charge in [-0.25, -0.2) is 4.98 Å². The summed E-state index contributed by atoms with van der Waals surface area (Å²) in [5.74, 6) is 0.948. The lowest BCUT2D eigenvalue weighted by Gasteiger charge is -2.54. The summed E-state index contributed by atoms with van der Waals surface area (Å²) in [5, 5.41) is 5.20. The van der Waals surface area contributed by atoms with Gasteiger partial charge in [0.15, 0.2) is 5.78 Å². The van der Waals surface area contributed by atoms with Crippen molar-refractivity contribution in [3.8, 4) is 11.1 Å². The second-order valence-electron chi connectivity index (χ2n) is 10.2. The molecule has 2 saturated heterocycles. The number of Topliss-reactive ketones (excluding diaryl/α,β-unsaturated/α-hetero) is 1. The Morgan fingerprint density at radius 2 is 1.80 bits per heavy atom. The summed E-state index contributed by atoms with van der Waals surface area (Å²) < 4.78 is 1.77. The minimum Gasteiger partial charge on any atom is -0.355 e. The first-order valence-corrected chi connectivity index (χ1v) is 12.1. The van der Waals surface area contributed by atoms with Gasteiger partial charge >= 0.3 is 0 Å². The van der Waals surface area contributed by atoms with Crippen LogP contribution in [0.1, 0.15) is 28.9 Å². The number of ketones is 1. The summed E-state index contributed by atoms with van der Waals surface area (Å²) in [6, 6.07) is 7.77. The zero-order chi connectivity index (χ0) is 24.0. The molecule has 6 rings (SSSR count). The van der Waals surface area contributed by atoms with Crippen molar-refractivity contribution in [3.05, 3.63) is 66.5 Å². The normalized spacial score (nSPS) is 17.6. The van der Waals surface area contributed by atoms with Gasteiger partial charge in [-0.1, -0.05) is 0 Å². The number of piperidine rings is 1. The number of hydrogen-bond donors (Lipinski definition) is 0. The van der Waals surface area contributed by atoms with Gasteiger partial charge in [-0.2, -0.15) is 5.10 Å². The minimum atomic E-state index is 0.0476. The lowest BCUT2D eigenvalue weighted by atomic mass is 9.72. The lowest BCUT2D eigenvalue weighted by Crippen LogP contribution is -2.60. The van der Waals surface area contributed by atoms with Gasteiger partial charge in [-0.05, 0) is 57.2 Å². The first kappa shape index (κ1) is 21.9. The molecular formula is C27H29N7O. The molecule has 2 fully saturated rings. The predicted octanol–water partition coefficient (Wildman–Crippen LogP) is 3.38. The van der Waals surface area contributed by atoms with E-state index in [2.05, 4.69) is 43.0 Å². The Bertz CT molecular complexity index is 1400. The van der Waals surface area contributed by atoms with Crippen molar-refractivity contribution >= 4 is 22.5 Å². The summed E-state index contributed by atoms with van der Waals surface area (Å²) in [7, 11) is 4.09. The van der Waals surface area contributed by atoms with Crippen LogP contribution in [0.5, 0.6) is 0 Å². The maximum absolute atomic E-state index is 13.1. The molecule has 4 aromatic heterocycles. The molecule has 0 aromatic carbocycles. The summed E-state index contributed by atoms with van der Waals surface area (Å²) >= 11 is 0. The number of rotatable bonds is 5. The molecule has 178 valence electrons. The van der Waals surface area contributed by atoms with Gasteiger partial charge in [-0.3, -0.25) is 19.4 Å². The van der Waals surface area contributed by atoms with Crippen LogP contribution in [0.25, 0.3) is 22.0 Å². The molecule has 0 atom stereocenters. The third-order valence-electron chi connectivity index (χ3n) is 7.50. The molecule has 0 N–H and O–H groups in total. The summed E-state index contributed by atoms with van der Waals surface area (Å²) in [4.78, 5) is 31.4. The minimum absolute atomic E-state index is 0.0476. The Kier molecular flexibility index (Phi) is 5.33. The smallest absolute Gasteiger partial charge is 0.169 e. The molecule has 0 bridgehead atoms. The van der Waals surface area contributed by atoms with E-state index in [4.69, 9.17) is 0 Å². The Hall–Kier alpha value is -3.65. The molecule has 0 radical (unpaired) electrons. The molecule has 0 amide bonds. The fraction of sp³-hybridized carbons (Fsp3) is 0.370. The number of carbonyl (C=O) groups excluding carboxylic acids is 1. The quantitative estimate of drug-likeness (QED) is 0.416. The highest BCUT2D eigenvalue weighted by molar-refractivity contribution is 5.98. The SMILES string of the molecule is CN1CCC2(CC1)CN(c1cc(C(=O)Cc3cc4cc(-c5cnn(C)c5)cnc4cn3)ccn1)C2. The third-order valence-corrected chi connectivity index (χ3v) is 7.50. The first-order chi connectivity index (χ1) is 17.0. The molecule has 2 aliphatic heterocycles. The van der Waals surface area contributed by atoms with E-state index in [0.29, 0.717) is 11.0 Å². The van der Waals surface area contributed by atoms with Crippen molar-refractivity contribution in [2.75, 3.05) is 38.1 Å². The van der Waals surface area contributed by atoms with E-state index in [1.807, 2.05) is 37.8 Å². The van der Waals surface area contributed by atoms with Crippen molar-refractivity contribution in [3.63, 3.8) is 0 Å². The van der Waals surface area contributed by atoms with Crippen LogP contribution in [0.3, 0.4) is 0 Å². The number of anilines is 1. The average Bonchev–Trinajstić information content (AvgIpc) is 3.29. The number of carbonyl (C=O) groups is 1. The second-order valence-corrected chi connectivity index (χ2v) is 10.2. The van der Waals surface area contributed by atoms with Crippen molar-refractivity contribution in [1.82, 2.24) is 29.6 Å². The van der Waals surface area contributed by atoms with Crippen molar-refractivity contribution in [2.24, 2.45) is 12.5 Å². The van der Waals surface area contributed by atoms with Crippen LogP contribution in [0.4, 0.5) is 5.82 Å². The maximum Gasteiger partial charge on any atom is 0.169 e. The number of nitrogens with zero attached hydrogens (tertiary/aromatic N) is 7. The van der Waals surface area contributed by atoms with Crippen LogP contribution in [0.15, 0.2) is 55.2 Å². The lowest BCUT2D eigenvalue weighted by molar-refractivity contribution is 0.0900. The van der Waals surface area contributed by atoms with Gasteiger partial charge in [0.25, 0.3) is 0 Å². The van der Waals surface area contributed by atoms with Crippen molar-refractivity contribution < 1.29 is 4.79 Å². The number of fused-ring (bicyclic) bond motifs is 1. The van der Waals surface area contributed by atoms with Crippen LogP contribution < -0.4 is 4.90 Å². The highest BCUT2D eigenvalue weighted by atomic mass is 16.1. The molecule has 0 aliphatic carbocycles. The molecule has 8 heteroatoms. The van der Waals surface area contributed by atoms with Gasteiger partial charge in [-0.15, -0.1) is 0 Å². The van der Waals surface area contributed by atoms with Crippen LogP contribution >= 0.6 is 0 Å². The zero-order valence-electron chi connectivity index (χ0n) is 20.2. The average molecular weight is 468 g/mol. The predicted molar refractivity (Wildman–Crippen MR) is 135 cm³/mol. The van der Waals surface area contributed by atoms with E-state index >= 15 is 0 Å². The van der Waals surface area contributed by atoms with Crippen LogP contribution in [-0.2, 0) is 13.5 Å². The fourth-order valence-electron chi connectivity index (χ4n) is 5.27. The van der Waals surface area contributed by atoms with E-state index in [9.17, 15) is 4.79 Å². The molecule has 0 unspecified atom stereocenters. The Labute approximate surface area is 204 Å². The van der Waals surface area contributed by atoms with Gasteiger partial charge in [0, 0.05) is 71.9 Å². The topological polar surface area (TPSA) is 80.0 Å². The Morgan fingerprint density at radius 1 is 0.971 bits per heavy atom. The number of hydrogen-bond acceptors (Lipinski definition) is 7. The van der Waals surface area contributed by atoms with E-state index in [-0.39, 0.29) is 12.2 Å². The third kappa shape index (κ3) is 4.30. The van der Waals surface area contributed by atoms with Crippen molar-refractivity contribution in [2.45, 2.75) is 19.3 Å². The summed E-state index contributed by atoms with van der Waals surface area (Å²) in [5.41, 5.74) is 4.65. The number of pyridine rings is 3. The molecule has 4 aromatic rings. The number of aromatic nitrogens is 5. The Balaban J connectivity index is 1.17. The molecule has 1 spiro atoms. The highest BCUT2D eigenvalue weighted by Crippen LogP contribution is 2.41. The van der Waals surface area contributed by atoms with E-state index in [1.54, 1.807) is 23.1 Å². The fourth-order valence-corrected chi connectivity index (χ4v) is 5.27. The first-order valence-electron chi connectivity index (χ1n) is 12.1. The van der Waals surface area contributed by atoms with Crippen LogP contribution in [-0.4, -0.2) is 68.6 Å². The van der Waals surface area contributed by atoms with Gasteiger partial charge in [0.2, 0.25) is 0 Å². The largest absolute Gasteiger partial charge is 0.355 e. The standard InChI is InChI=1S/C27H29N7O/c1-32-7-4-27(5-8-32)17-34(18-27)26-11-19(3-6-28-26)25(35)12-23-10-20-9-21(13-30-24(20)15-29-23)22-14-31-33(2)16-22/h3,6,9-11,13-16H,4-5,7-8,12,17-18H2,1-2H3. The van der Waals surface area contributed by atoms with E-state index in [0.717, 1.165) is 59.7 Å². The maximum atomic E-state index is 13.1. The van der Waals surface area contributed by atoms with E-state index in [1.165, 1.54) is 12.8 Å². The zero-order valence-corrected chi connectivity index (χ0v) is 20.2. The summed E-state index contributed by atoms with van der Waals surface area (Å²) in [6.45, 7) is 4.39. The summed E-state index contributed by atoms with van der Waals surface area (Å²) in [6.07, 6.45) is 11.8. The van der Waals surface area contributed by atoms with Crippen molar-refractivity contribution in [1.29, 1.82) is 0 Å². The molecule has 0 saturated carbocycles. The second kappa shape index (κ2) is 8.53. The van der Waals surface area contributed by atoms with Gasteiger partial charge in [0.1, 0.15) is 5.82 Å². The van der Waals surface area contributed by atoms with Gasteiger partial charge < -0.3 is 9.80 Å². The molecule has 35 heavy (non-hydrogen) atoms. The van der Waals surface area contributed by atoms with Crippen LogP contribution in [0.2, 0.25) is 0 Å². The molecule has 8 nitrogen and oxygen atoms in total. The van der Waals surface area contributed by atoms with E-state index < -0.39 is 0 Å². The van der Waals surface area contributed by atoms with Crippen LogP contribution in [0, 0.1) is 5.41 Å². The monoisotopic (exact) mass is 467 g/mol. The molecule has 6 heterocycles. The highest BCUT2D eigenvalue weighted by Gasteiger charge is 2.44. The molecular weight excluding hydrogens is 438 g/mol. The van der Waals surface area contributed by atoms with Gasteiger partial charge in [0.05, 0.1) is 24.3 Å². The Morgan fingerprint density at radius 3 is 2.57 bits per heavy atom. The number of aryl methyl sites for hydroxylation is 1. The number of likely N-dealkylation sites (tertiary alicyclic amines) is 1.